The Labute approximate surface area is 250 Å². The van der Waals surface area contributed by atoms with E-state index in [4.69, 9.17) is 18.6 Å². The number of nitro benzene ring substituents is 1. The first-order chi connectivity index (χ1) is 20.6. The van der Waals surface area contributed by atoms with Crippen molar-refractivity contribution in [2.45, 2.75) is 39.8 Å². The average Bonchev–Trinajstić information content (AvgIpc) is 3.56. The normalized spacial score (nSPS) is 14.8. The molecule has 1 atom stereocenters. The number of furan rings is 1. The SMILES string of the molecule is CCOc1ccc([C@H]2C(C(=O)OC(C)C)=C(C)N=c3s/c(=C/c4ccc(-c5ccc([N+](=O)[O-])cc5OC)o4)c(=O)n32)cc1. The summed E-state index contributed by atoms with van der Waals surface area (Å²) in [5.74, 6) is 1.20. The predicted octanol–water partition coefficient (Wildman–Crippen LogP) is 4.76. The lowest BCUT2D eigenvalue weighted by molar-refractivity contribution is -0.384. The van der Waals surface area contributed by atoms with Crippen LogP contribution < -0.4 is 24.4 Å². The van der Waals surface area contributed by atoms with Crippen LogP contribution in [0, 0.1) is 10.1 Å². The Bertz CT molecular complexity index is 1910. The second kappa shape index (κ2) is 12.1. The summed E-state index contributed by atoms with van der Waals surface area (Å²) in [4.78, 5) is 42.9. The van der Waals surface area contributed by atoms with Gasteiger partial charge in [0.15, 0.2) is 4.80 Å². The van der Waals surface area contributed by atoms with Gasteiger partial charge in [-0.1, -0.05) is 23.5 Å². The van der Waals surface area contributed by atoms with Gasteiger partial charge < -0.3 is 18.6 Å². The highest BCUT2D eigenvalue weighted by Crippen LogP contribution is 2.35. The van der Waals surface area contributed by atoms with Crippen molar-refractivity contribution in [3.05, 3.63) is 107 Å². The first-order valence-corrected chi connectivity index (χ1v) is 14.3. The molecule has 4 aromatic rings. The smallest absolute Gasteiger partial charge is 0.338 e. The Hall–Kier alpha value is -4.97. The van der Waals surface area contributed by atoms with E-state index in [0.717, 1.165) is 0 Å². The molecular weight excluding hydrogens is 574 g/mol. The molecule has 0 aliphatic carbocycles. The molecule has 43 heavy (non-hydrogen) atoms. The van der Waals surface area contributed by atoms with Crippen molar-refractivity contribution in [3.8, 4) is 22.8 Å². The van der Waals surface area contributed by atoms with E-state index in [9.17, 15) is 19.7 Å². The molecular formula is C31H29N3O8S. The third kappa shape index (κ3) is 5.86. The van der Waals surface area contributed by atoms with Crippen LogP contribution in [0.1, 0.15) is 45.1 Å². The molecule has 0 N–H and O–H groups in total. The van der Waals surface area contributed by atoms with Crippen molar-refractivity contribution in [2.24, 2.45) is 4.99 Å². The molecule has 222 valence electrons. The van der Waals surface area contributed by atoms with Crippen molar-refractivity contribution in [2.75, 3.05) is 13.7 Å². The van der Waals surface area contributed by atoms with Gasteiger partial charge in [-0.15, -0.1) is 0 Å². The van der Waals surface area contributed by atoms with E-state index in [0.29, 0.717) is 50.0 Å². The number of allylic oxidation sites excluding steroid dienone is 1. The summed E-state index contributed by atoms with van der Waals surface area (Å²) in [7, 11) is 1.42. The number of esters is 1. The van der Waals surface area contributed by atoms with Crippen LogP contribution in [0.4, 0.5) is 5.69 Å². The minimum Gasteiger partial charge on any atom is -0.496 e. The second-order valence-electron chi connectivity index (χ2n) is 9.88. The molecule has 0 bridgehead atoms. The van der Waals surface area contributed by atoms with Gasteiger partial charge in [0.2, 0.25) is 0 Å². The minimum atomic E-state index is -0.767. The molecule has 12 heteroatoms. The molecule has 1 aliphatic rings. The van der Waals surface area contributed by atoms with Crippen LogP contribution in [0.25, 0.3) is 17.4 Å². The lowest BCUT2D eigenvalue weighted by Crippen LogP contribution is -2.40. The first-order valence-electron chi connectivity index (χ1n) is 13.5. The van der Waals surface area contributed by atoms with Crippen molar-refractivity contribution in [1.82, 2.24) is 4.57 Å². The molecule has 0 amide bonds. The number of ether oxygens (including phenoxy) is 3. The summed E-state index contributed by atoms with van der Waals surface area (Å²) in [5.41, 5.74) is 1.50. The number of nitro groups is 1. The zero-order valence-electron chi connectivity index (χ0n) is 24.2. The summed E-state index contributed by atoms with van der Waals surface area (Å²) in [6, 6.07) is 14.1. The first kappa shape index (κ1) is 29.5. The molecule has 0 fully saturated rings. The van der Waals surface area contributed by atoms with Gasteiger partial charge >= 0.3 is 5.97 Å². The lowest BCUT2D eigenvalue weighted by atomic mass is 9.96. The third-order valence-corrected chi connectivity index (χ3v) is 7.64. The van der Waals surface area contributed by atoms with E-state index in [-0.39, 0.29) is 28.7 Å². The third-order valence-electron chi connectivity index (χ3n) is 6.65. The van der Waals surface area contributed by atoms with Gasteiger partial charge in [-0.05, 0) is 63.6 Å². The predicted molar refractivity (Wildman–Crippen MR) is 160 cm³/mol. The minimum absolute atomic E-state index is 0.109. The summed E-state index contributed by atoms with van der Waals surface area (Å²) >= 11 is 1.17. The zero-order chi connectivity index (χ0) is 30.8. The monoisotopic (exact) mass is 603 g/mol. The van der Waals surface area contributed by atoms with E-state index in [1.807, 2.05) is 19.1 Å². The summed E-state index contributed by atoms with van der Waals surface area (Å²) < 4.78 is 24.3. The highest BCUT2D eigenvalue weighted by atomic mass is 32.1. The van der Waals surface area contributed by atoms with Crippen LogP contribution in [-0.4, -0.2) is 35.3 Å². The van der Waals surface area contributed by atoms with Gasteiger partial charge in [0.05, 0.1) is 58.2 Å². The van der Waals surface area contributed by atoms with Gasteiger partial charge in [-0.2, -0.15) is 0 Å². The maximum absolute atomic E-state index is 13.9. The number of thiazole rings is 1. The van der Waals surface area contributed by atoms with Crippen LogP contribution in [-0.2, 0) is 9.53 Å². The van der Waals surface area contributed by atoms with Crippen LogP contribution >= 0.6 is 11.3 Å². The van der Waals surface area contributed by atoms with Gasteiger partial charge in [-0.3, -0.25) is 19.5 Å². The van der Waals surface area contributed by atoms with Gasteiger partial charge in [0, 0.05) is 12.1 Å². The largest absolute Gasteiger partial charge is 0.496 e. The number of carbonyl (C=O) groups is 1. The standard InChI is InChI=1S/C31H29N3O8S/c1-6-40-21-10-7-19(8-11-21)28-27(30(36)41-17(2)3)18(4)32-31-33(28)29(35)26(43-31)16-22-12-14-24(42-22)23-13-9-20(34(37)38)15-25(23)39-5/h7-17,28H,6H2,1-5H3/b26-16+/t28-/m0/s1. The second-order valence-corrected chi connectivity index (χ2v) is 10.9. The van der Waals surface area contributed by atoms with Gasteiger partial charge in [0.1, 0.15) is 23.0 Å². The molecule has 5 rings (SSSR count). The highest BCUT2D eigenvalue weighted by Gasteiger charge is 2.34. The van der Waals surface area contributed by atoms with Crippen molar-refractivity contribution in [1.29, 1.82) is 0 Å². The molecule has 11 nitrogen and oxygen atoms in total. The topological polar surface area (TPSA) is 135 Å². The van der Waals surface area contributed by atoms with Crippen LogP contribution in [0.2, 0.25) is 0 Å². The fourth-order valence-corrected chi connectivity index (χ4v) is 5.82. The molecule has 3 heterocycles. The number of fused-ring (bicyclic) bond motifs is 1. The maximum atomic E-state index is 13.9. The van der Waals surface area contributed by atoms with E-state index in [1.165, 1.54) is 35.1 Å². The van der Waals surface area contributed by atoms with Crippen LogP contribution in [0.15, 0.2) is 80.1 Å². The number of aromatic nitrogens is 1. The average molecular weight is 604 g/mol. The number of benzene rings is 2. The lowest BCUT2D eigenvalue weighted by Gasteiger charge is -2.25. The fraction of sp³-hybridized carbons (Fsp3) is 0.258. The number of carbonyl (C=O) groups excluding carboxylic acids is 1. The van der Waals surface area contributed by atoms with Crippen molar-refractivity contribution >= 4 is 29.1 Å². The Morgan fingerprint density at radius 2 is 1.93 bits per heavy atom. The van der Waals surface area contributed by atoms with E-state index in [1.54, 1.807) is 57.2 Å². The van der Waals surface area contributed by atoms with Gasteiger partial charge in [0.25, 0.3) is 11.2 Å². The number of hydrogen-bond acceptors (Lipinski definition) is 10. The Kier molecular flexibility index (Phi) is 8.31. The highest BCUT2D eigenvalue weighted by molar-refractivity contribution is 7.07. The number of methoxy groups -OCH3 is 1. The number of hydrogen-bond donors (Lipinski definition) is 0. The van der Waals surface area contributed by atoms with Crippen molar-refractivity contribution < 1.29 is 28.3 Å². The van der Waals surface area contributed by atoms with Gasteiger partial charge in [-0.25, -0.2) is 9.79 Å². The number of rotatable bonds is 9. The summed E-state index contributed by atoms with van der Waals surface area (Å²) in [5, 5.41) is 11.2. The number of non-ortho nitro benzene ring substituents is 1. The molecule has 0 saturated carbocycles. The Morgan fingerprint density at radius 3 is 2.58 bits per heavy atom. The van der Waals surface area contributed by atoms with Crippen LogP contribution in [0.5, 0.6) is 11.5 Å². The number of nitrogens with zero attached hydrogens (tertiary/aromatic N) is 3. The van der Waals surface area contributed by atoms with E-state index < -0.39 is 16.9 Å². The molecule has 2 aromatic heterocycles. The molecule has 0 radical (unpaired) electrons. The molecule has 0 saturated heterocycles. The molecule has 1 aliphatic heterocycles. The molecule has 0 spiro atoms. The van der Waals surface area contributed by atoms with Crippen molar-refractivity contribution in [3.63, 3.8) is 0 Å². The summed E-state index contributed by atoms with van der Waals surface area (Å²) in [6.07, 6.45) is 1.24. The maximum Gasteiger partial charge on any atom is 0.338 e. The Morgan fingerprint density at radius 1 is 1.19 bits per heavy atom. The zero-order valence-corrected chi connectivity index (χ0v) is 25.0. The van der Waals surface area contributed by atoms with E-state index in [2.05, 4.69) is 4.99 Å². The van der Waals surface area contributed by atoms with E-state index >= 15 is 0 Å². The van der Waals surface area contributed by atoms with Crippen LogP contribution in [0.3, 0.4) is 0 Å². The summed E-state index contributed by atoms with van der Waals surface area (Å²) in [6.45, 7) is 7.65. The quantitative estimate of drug-likeness (QED) is 0.152. The fourth-order valence-electron chi connectivity index (χ4n) is 4.79. The molecule has 0 unspecified atom stereocenters. The molecule has 2 aromatic carbocycles. The Balaban J connectivity index is 1.60.